The number of nitrogens with one attached hydrogen (secondary N) is 3. The molecule has 1 aliphatic rings. The highest BCUT2D eigenvalue weighted by Gasteiger charge is 2.21. The van der Waals surface area contributed by atoms with Gasteiger partial charge in [0.15, 0.2) is 0 Å². The lowest BCUT2D eigenvalue weighted by Crippen LogP contribution is -2.17. The van der Waals surface area contributed by atoms with Crippen molar-refractivity contribution in [2.24, 2.45) is 0 Å². The minimum atomic E-state index is -0.131. The van der Waals surface area contributed by atoms with Gasteiger partial charge in [-0.1, -0.05) is 30.0 Å². The molecule has 0 spiro atoms. The molecule has 0 radical (unpaired) electrons. The standard InChI is InChI=1S/C12H13N3OS2/c1-13-8-4-3-7(5-9(8)14-2)6-10-11(16)15-12(17)18-10/h3-6,13-14H,1-2H3,(H,15,16,17)/b10-6+. The van der Waals surface area contributed by atoms with Gasteiger partial charge in [0, 0.05) is 14.1 Å². The number of anilines is 2. The summed E-state index contributed by atoms with van der Waals surface area (Å²) in [7, 11) is 3.73. The second-order valence-corrected chi connectivity index (χ2v) is 5.38. The molecule has 1 heterocycles. The van der Waals surface area contributed by atoms with E-state index in [1.807, 2.05) is 38.4 Å². The minimum absolute atomic E-state index is 0.131. The summed E-state index contributed by atoms with van der Waals surface area (Å²) in [6.45, 7) is 0. The zero-order chi connectivity index (χ0) is 13.1. The van der Waals surface area contributed by atoms with Gasteiger partial charge in [-0.3, -0.25) is 4.79 Å². The molecule has 2 rings (SSSR count). The smallest absolute Gasteiger partial charge is 0.263 e. The fourth-order valence-electron chi connectivity index (χ4n) is 1.65. The van der Waals surface area contributed by atoms with Crippen molar-refractivity contribution in [3.63, 3.8) is 0 Å². The van der Waals surface area contributed by atoms with E-state index in [1.165, 1.54) is 11.8 Å². The maximum atomic E-state index is 11.6. The summed E-state index contributed by atoms with van der Waals surface area (Å²) in [6.07, 6.45) is 1.83. The maximum absolute atomic E-state index is 11.6. The number of carbonyl (C=O) groups excluding carboxylic acids is 1. The van der Waals surface area contributed by atoms with Gasteiger partial charge >= 0.3 is 0 Å². The van der Waals surface area contributed by atoms with Crippen molar-refractivity contribution in [3.8, 4) is 0 Å². The summed E-state index contributed by atoms with van der Waals surface area (Å²) in [5.41, 5.74) is 2.96. The summed E-state index contributed by atoms with van der Waals surface area (Å²) in [4.78, 5) is 12.2. The quantitative estimate of drug-likeness (QED) is 0.585. The maximum Gasteiger partial charge on any atom is 0.263 e. The molecule has 4 nitrogen and oxygen atoms in total. The molecule has 1 saturated heterocycles. The Morgan fingerprint density at radius 2 is 2.00 bits per heavy atom. The highest BCUT2D eigenvalue weighted by molar-refractivity contribution is 8.26. The van der Waals surface area contributed by atoms with Crippen LogP contribution in [-0.4, -0.2) is 24.3 Å². The number of hydrogen-bond donors (Lipinski definition) is 3. The number of benzene rings is 1. The first-order valence-corrected chi connectivity index (χ1v) is 6.61. The molecule has 18 heavy (non-hydrogen) atoms. The molecule has 0 atom stereocenters. The number of thiocarbonyl (C=S) groups is 1. The lowest BCUT2D eigenvalue weighted by molar-refractivity contribution is -0.115. The number of rotatable bonds is 3. The lowest BCUT2D eigenvalue weighted by Gasteiger charge is -2.09. The van der Waals surface area contributed by atoms with Gasteiger partial charge in [0.2, 0.25) is 0 Å². The molecule has 94 valence electrons. The third-order valence-corrected chi connectivity index (χ3v) is 3.68. The van der Waals surface area contributed by atoms with Gasteiger partial charge in [-0.2, -0.15) is 0 Å². The fourth-order valence-corrected chi connectivity index (χ4v) is 2.69. The van der Waals surface area contributed by atoms with E-state index in [2.05, 4.69) is 16.0 Å². The minimum Gasteiger partial charge on any atom is -0.386 e. The van der Waals surface area contributed by atoms with Crippen molar-refractivity contribution < 1.29 is 4.79 Å². The second-order valence-electron chi connectivity index (χ2n) is 3.66. The van der Waals surface area contributed by atoms with Gasteiger partial charge in [0.25, 0.3) is 5.91 Å². The van der Waals surface area contributed by atoms with Crippen molar-refractivity contribution in [2.45, 2.75) is 0 Å². The van der Waals surface area contributed by atoms with E-state index in [4.69, 9.17) is 12.2 Å². The Balaban J connectivity index is 2.32. The first-order chi connectivity index (χ1) is 8.63. The van der Waals surface area contributed by atoms with Crippen LogP contribution in [0, 0.1) is 0 Å². The molecule has 1 aromatic carbocycles. The highest BCUT2D eigenvalue weighted by atomic mass is 32.2. The first-order valence-electron chi connectivity index (χ1n) is 5.38. The summed E-state index contributed by atoms with van der Waals surface area (Å²) in [5.74, 6) is -0.131. The van der Waals surface area contributed by atoms with Crippen LogP contribution in [0.3, 0.4) is 0 Å². The van der Waals surface area contributed by atoms with Gasteiger partial charge in [-0.25, -0.2) is 0 Å². The zero-order valence-corrected chi connectivity index (χ0v) is 11.7. The van der Waals surface area contributed by atoms with Crippen LogP contribution < -0.4 is 16.0 Å². The zero-order valence-electron chi connectivity index (χ0n) is 10.0. The van der Waals surface area contributed by atoms with E-state index in [9.17, 15) is 4.79 Å². The van der Waals surface area contributed by atoms with Crippen LogP contribution in [0.25, 0.3) is 6.08 Å². The number of thioether (sulfide) groups is 1. The third-order valence-electron chi connectivity index (χ3n) is 2.52. The van der Waals surface area contributed by atoms with Crippen LogP contribution in [0.4, 0.5) is 11.4 Å². The molecule has 3 N–H and O–H groups in total. The molecule has 0 bridgehead atoms. The molecule has 1 aromatic rings. The van der Waals surface area contributed by atoms with E-state index in [1.54, 1.807) is 0 Å². The number of carbonyl (C=O) groups is 1. The molecule has 1 aliphatic heterocycles. The van der Waals surface area contributed by atoms with Crippen molar-refractivity contribution in [2.75, 3.05) is 24.7 Å². The van der Waals surface area contributed by atoms with Crippen LogP contribution in [0.5, 0.6) is 0 Å². The molecule has 0 aromatic heterocycles. The summed E-state index contributed by atoms with van der Waals surface area (Å²) < 4.78 is 0.506. The molecule has 6 heteroatoms. The topological polar surface area (TPSA) is 53.2 Å². The van der Waals surface area contributed by atoms with Crippen molar-refractivity contribution in [1.29, 1.82) is 0 Å². The molecular weight excluding hydrogens is 266 g/mol. The van der Waals surface area contributed by atoms with E-state index in [0.717, 1.165) is 16.9 Å². The summed E-state index contributed by atoms with van der Waals surface area (Å²) in [6, 6.07) is 5.90. The largest absolute Gasteiger partial charge is 0.386 e. The summed E-state index contributed by atoms with van der Waals surface area (Å²) in [5, 5.41) is 8.80. The Morgan fingerprint density at radius 1 is 1.28 bits per heavy atom. The molecule has 1 amide bonds. The Morgan fingerprint density at radius 3 is 2.56 bits per heavy atom. The van der Waals surface area contributed by atoms with E-state index < -0.39 is 0 Å². The average Bonchev–Trinajstić information content (AvgIpc) is 2.67. The monoisotopic (exact) mass is 279 g/mol. The van der Waals surface area contributed by atoms with Crippen LogP contribution >= 0.6 is 24.0 Å². The highest BCUT2D eigenvalue weighted by Crippen LogP contribution is 2.28. The van der Waals surface area contributed by atoms with Crippen LogP contribution in [-0.2, 0) is 4.79 Å². The van der Waals surface area contributed by atoms with E-state index in [0.29, 0.717) is 9.23 Å². The van der Waals surface area contributed by atoms with E-state index >= 15 is 0 Å². The third kappa shape index (κ3) is 2.65. The number of hydrogen-bond acceptors (Lipinski definition) is 5. The van der Waals surface area contributed by atoms with E-state index in [-0.39, 0.29) is 5.91 Å². The Labute approximate surface area is 115 Å². The van der Waals surface area contributed by atoms with Gasteiger partial charge in [-0.05, 0) is 23.8 Å². The van der Waals surface area contributed by atoms with Crippen molar-refractivity contribution >= 4 is 51.7 Å². The average molecular weight is 279 g/mol. The molecule has 1 fully saturated rings. The van der Waals surface area contributed by atoms with Crippen molar-refractivity contribution in [3.05, 3.63) is 28.7 Å². The fraction of sp³-hybridized carbons (Fsp3) is 0.167. The lowest BCUT2D eigenvalue weighted by atomic mass is 10.1. The molecule has 0 aliphatic carbocycles. The second kappa shape index (κ2) is 5.41. The Bertz CT molecular complexity index is 540. The van der Waals surface area contributed by atoms with Gasteiger partial charge in [0.1, 0.15) is 4.32 Å². The van der Waals surface area contributed by atoms with Gasteiger partial charge in [-0.15, -0.1) is 0 Å². The van der Waals surface area contributed by atoms with Gasteiger partial charge in [0.05, 0.1) is 16.3 Å². The predicted molar refractivity (Wildman–Crippen MR) is 81.8 cm³/mol. The SMILES string of the molecule is CNc1ccc(/C=C2/SC(=S)NC2=O)cc1NC. The molecular formula is C12H13N3OS2. The number of amides is 1. The summed E-state index contributed by atoms with van der Waals surface area (Å²) >= 11 is 6.23. The van der Waals surface area contributed by atoms with Gasteiger partial charge < -0.3 is 16.0 Å². The Hall–Kier alpha value is -1.53. The predicted octanol–water partition coefficient (Wildman–Crippen LogP) is 2.26. The molecule has 0 saturated carbocycles. The Kier molecular flexibility index (Phi) is 3.88. The molecule has 0 unspecified atom stereocenters. The van der Waals surface area contributed by atoms with Crippen LogP contribution in [0.2, 0.25) is 0 Å². The van der Waals surface area contributed by atoms with Crippen molar-refractivity contribution in [1.82, 2.24) is 5.32 Å². The first kappa shape index (κ1) is 12.9. The van der Waals surface area contributed by atoms with Crippen LogP contribution in [0.1, 0.15) is 5.56 Å². The normalized spacial score (nSPS) is 16.9. The van der Waals surface area contributed by atoms with Crippen LogP contribution in [0.15, 0.2) is 23.1 Å².